The molecule has 0 saturated heterocycles. The summed E-state index contributed by atoms with van der Waals surface area (Å²) in [6.45, 7) is 0.262. The Balaban J connectivity index is 1.60. The average Bonchev–Trinajstić information content (AvgIpc) is 2.71. The van der Waals surface area contributed by atoms with Gasteiger partial charge in [-0.1, -0.05) is 29.8 Å². The largest absolute Gasteiger partial charge is 0.352 e. The third kappa shape index (κ3) is 5.56. The number of rotatable bonds is 7. The summed E-state index contributed by atoms with van der Waals surface area (Å²) in [5.74, 6) is -0.680. The number of anilines is 1. The minimum absolute atomic E-state index is 0.0235. The molecule has 2 N–H and O–H groups in total. The molecule has 1 amide bonds. The van der Waals surface area contributed by atoms with E-state index in [0.29, 0.717) is 28.3 Å². The van der Waals surface area contributed by atoms with Crippen molar-refractivity contribution >= 4 is 33.2 Å². The number of carbonyl (C=O) groups is 1. The zero-order valence-electron chi connectivity index (χ0n) is 15.2. The molecule has 0 aliphatic rings. The van der Waals surface area contributed by atoms with Crippen molar-refractivity contribution < 1.29 is 17.6 Å². The Bertz CT molecular complexity index is 1100. The fraction of sp³-hybridized carbons (Fsp3) is 0.0952. The van der Waals surface area contributed by atoms with Crippen LogP contribution in [-0.4, -0.2) is 20.9 Å². The van der Waals surface area contributed by atoms with Gasteiger partial charge in [-0.15, -0.1) is 0 Å². The van der Waals surface area contributed by atoms with E-state index in [1.54, 1.807) is 42.5 Å². The number of halogens is 2. The van der Waals surface area contributed by atoms with Gasteiger partial charge in [-0.25, -0.2) is 12.8 Å². The van der Waals surface area contributed by atoms with Crippen molar-refractivity contribution in [3.8, 4) is 0 Å². The lowest BCUT2D eigenvalue weighted by Gasteiger charge is -2.09. The van der Waals surface area contributed by atoms with E-state index in [4.69, 9.17) is 11.6 Å². The molecule has 0 aromatic heterocycles. The van der Waals surface area contributed by atoms with Crippen LogP contribution in [0.3, 0.4) is 0 Å². The first-order chi connectivity index (χ1) is 13.8. The summed E-state index contributed by atoms with van der Waals surface area (Å²) in [6.07, 6.45) is 0.357. The Labute approximate surface area is 173 Å². The maximum atomic E-state index is 13.6. The van der Waals surface area contributed by atoms with Gasteiger partial charge in [-0.05, 0) is 66.6 Å². The highest BCUT2D eigenvalue weighted by atomic mass is 35.5. The van der Waals surface area contributed by atoms with Crippen molar-refractivity contribution in [2.45, 2.75) is 11.3 Å². The van der Waals surface area contributed by atoms with E-state index in [1.165, 1.54) is 30.3 Å². The highest BCUT2D eigenvalue weighted by Crippen LogP contribution is 2.19. The summed E-state index contributed by atoms with van der Waals surface area (Å²) in [5, 5.41) is 3.19. The molecule has 0 aliphatic heterocycles. The first kappa shape index (κ1) is 20.8. The fourth-order valence-electron chi connectivity index (χ4n) is 2.63. The van der Waals surface area contributed by atoms with Gasteiger partial charge in [0.25, 0.3) is 15.9 Å². The van der Waals surface area contributed by atoms with Crippen LogP contribution >= 0.6 is 11.6 Å². The summed E-state index contributed by atoms with van der Waals surface area (Å²) in [4.78, 5) is 12.2. The second-order valence-electron chi connectivity index (χ2n) is 6.23. The molecule has 0 radical (unpaired) electrons. The summed E-state index contributed by atoms with van der Waals surface area (Å²) >= 11 is 5.79. The van der Waals surface area contributed by atoms with Crippen LogP contribution in [0.4, 0.5) is 10.1 Å². The molecule has 0 bridgehead atoms. The SMILES string of the molecule is O=C(NCCc1ccccc1F)c1ccc(S(=O)(=O)Nc2ccc(Cl)cc2)cc1. The van der Waals surface area contributed by atoms with Gasteiger partial charge in [0.15, 0.2) is 0 Å². The van der Waals surface area contributed by atoms with Crippen LogP contribution in [0.1, 0.15) is 15.9 Å². The van der Waals surface area contributed by atoms with E-state index < -0.39 is 10.0 Å². The maximum absolute atomic E-state index is 13.6. The first-order valence-electron chi connectivity index (χ1n) is 8.75. The standard InChI is InChI=1S/C21H18ClFN2O3S/c22-17-7-9-18(10-8-17)25-29(27,28)19-11-5-16(6-12-19)21(26)24-14-13-15-3-1-2-4-20(15)23/h1-12,25H,13-14H2,(H,24,26). The molecule has 150 valence electrons. The van der Waals surface area contributed by atoms with Crippen molar-refractivity contribution in [2.75, 3.05) is 11.3 Å². The molecule has 0 spiro atoms. The molecular weight excluding hydrogens is 415 g/mol. The zero-order valence-corrected chi connectivity index (χ0v) is 16.8. The Morgan fingerprint density at radius 3 is 2.24 bits per heavy atom. The normalized spacial score (nSPS) is 11.1. The second kappa shape index (κ2) is 9.07. The molecule has 3 rings (SSSR count). The number of carbonyl (C=O) groups excluding carboxylic acids is 1. The Hall–Kier alpha value is -2.90. The molecule has 0 saturated carbocycles. The third-order valence-corrected chi connectivity index (χ3v) is 5.81. The van der Waals surface area contributed by atoms with Gasteiger partial charge < -0.3 is 5.32 Å². The smallest absolute Gasteiger partial charge is 0.261 e. The van der Waals surface area contributed by atoms with Crippen LogP contribution in [0, 0.1) is 5.82 Å². The van der Waals surface area contributed by atoms with E-state index >= 15 is 0 Å². The van der Waals surface area contributed by atoms with Crippen LogP contribution in [0.5, 0.6) is 0 Å². The predicted octanol–water partition coefficient (Wildman–Crippen LogP) is 4.25. The van der Waals surface area contributed by atoms with E-state index in [-0.39, 0.29) is 23.2 Å². The third-order valence-electron chi connectivity index (χ3n) is 4.16. The van der Waals surface area contributed by atoms with Gasteiger partial charge >= 0.3 is 0 Å². The van der Waals surface area contributed by atoms with E-state index in [0.717, 1.165) is 0 Å². The van der Waals surface area contributed by atoms with Gasteiger partial charge in [-0.2, -0.15) is 0 Å². The van der Waals surface area contributed by atoms with Gasteiger partial charge in [0.05, 0.1) is 4.90 Å². The molecular formula is C21H18ClFN2O3S. The zero-order chi connectivity index (χ0) is 20.9. The quantitative estimate of drug-likeness (QED) is 0.586. The number of hydrogen-bond donors (Lipinski definition) is 2. The molecule has 3 aromatic rings. The summed E-state index contributed by atoms with van der Waals surface area (Å²) < 4.78 is 40.9. The average molecular weight is 433 g/mol. The van der Waals surface area contributed by atoms with Crippen LogP contribution < -0.4 is 10.0 Å². The molecule has 0 aliphatic carbocycles. The van der Waals surface area contributed by atoms with Crippen molar-refractivity contribution in [3.05, 3.63) is 94.8 Å². The summed E-state index contributed by atoms with van der Waals surface area (Å²) in [6, 6.07) is 18.2. The number of benzene rings is 3. The first-order valence-corrected chi connectivity index (χ1v) is 10.6. The lowest BCUT2D eigenvalue weighted by atomic mass is 10.1. The molecule has 8 heteroatoms. The van der Waals surface area contributed by atoms with Gasteiger partial charge in [0, 0.05) is 22.8 Å². The topological polar surface area (TPSA) is 75.3 Å². The number of nitrogens with one attached hydrogen (secondary N) is 2. The van der Waals surface area contributed by atoms with Crippen molar-refractivity contribution in [2.24, 2.45) is 0 Å². The molecule has 0 heterocycles. The van der Waals surface area contributed by atoms with Gasteiger partial charge in [-0.3, -0.25) is 9.52 Å². The maximum Gasteiger partial charge on any atom is 0.261 e. The van der Waals surface area contributed by atoms with Gasteiger partial charge in [0.2, 0.25) is 0 Å². The Morgan fingerprint density at radius 1 is 0.931 bits per heavy atom. The number of amides is 1. The van der Waals surface area contributed by atoms with Crippen molar-refractivity contribution in [3.63, 3.8) is 0 Å². The second-order valence-corrected chi connectivity index (χ2v) is 8.35. The molecule has 5 nitrogen and oxygen atoms in total. The molecule has 29 heavy (non-hydrogen) atoms. The molecule has 0 fully saturated rings. The fourth-order valence-corrected chi connectivity index (χ4v) is 3.82. The highest BCUT2D eigenvalue weighted by molar-refractivity contribution is 7.92. The highest BCUT2D eigenvalue weighted by Gasteiger charge is 2.15. The van der Waals surface area contributed by atoms with Crippen LogP contribution in [-0.2, 0) is 16.4 Å². The lowest BCUT2D eigenvalue weighted by Crippen LogP contribution is -2.26. The lowest BCUT2D eigenvalue weighted by molar-refractivity contribution is 0.0954. The van der Waals surface area contributed by atoms with Crippen LogP contribution in [0.2, 0.25) is 5.02 Å². The van der Waals surface area contributed by atoms with E-state index in [1.807, 2.05) is 0 Å². The Morgan fingerprint density at radius 2 is 1.59 bits per heavy atom. The van der Waals surface area contributed by atoms with E-state index in [9.17, 15) is 17.6 Å². The predicted molar refractivity (Wildman–Crippen MR) is 111 cm³/mol. The minimum atomic E-state index is -3.79. The van der Waals surface area contributed by atoms with Crippen LogP contribution in [0.15, 0.2) is 77.7 Å². The minimum Gasteiger partial charge on any atom is -0.352 e. The van der Waals surface area contributed by atoms with E-state index in [2.05, 4.69) is 10.0 Å². The molecule has 0 unspecified atom stereocenters. The number of hydrogen-bond acceptors (Lipinski definition) is 3. The molecule has 0 atom stereocenters. The van der Waals surface area contributed by atoms with Gasteiger partial charge in [0.1, 0.15) is 5.82 Å². The van der Waals surface area contributed by atoms with Crippen molar-refractivity contribution in [1.82, 2.24) is 5.32 Å². The summed E-state index contributed by atoms with van der Waals surface area (Å²) in [7, 11) is -3.79. The van der Waals surface area contributed by atoms with Crippen LogP contribution in [0.25, 0.3) is 0 Å². The monoisotopic (exact) mass is 432 g/mol. The summed E-state index contributed by atoms with van der Waals surface area (Å²) in [5.41, 5.74) is 1.20. The number of sulfonamides is 1. The van der Waals surface area contributed by atoms with Crippen molar-refractivity contribution in [1.29, 1.82) is 0 Å². The Kier molecular flexibility index (Phi) is 6.51. The molecule has 3 aromatic carbocycles.